The summed E-state index contributed by atoms with van der Waals surface area (Å²) in [4.78, 5) is 17.1. The van der Waals surface area contributed by atoms with Gasteiger partial charge in [-0.05, 0) is 46.3 Å². The normalized spacial score (nSPS) is 20.3. The van der Waals surface area contributed by atoms with Gasteiger partial charge in [0.2, 0.25) is 5.39 Å². The summed E-state index contributed by atoms with van der Waals surface area (Å²) < 4.78 is 16.9. The van der Waals surface area contributed by atoms with Crippen molar-refractivity contribution >= 4 is 12.2 Å². The van der Waals surface area contributed by atoms with Crippen LogP contribution in [0.3, 0.4) is 0 Å². The third-order valence-corrected chi connectivity index (χ3v) is 4.19. The summed E-state index contributed by atoms with van der Waals surface area (Å²) in [7, 11) is 0. The van der Waals surface area contributed by atoms with Gasteiger partial charge in [-0.2, -0.15) is 0 Å². The van der Waals surface area contributed by atoms with Crippen LogP contribution in [0.4, 0.5) is 4.79 Å². The maximum Gasteiger partial charge on any atom is 0.429 e. The molecule has 156 valence electrons. The first-order valence-electron chi connectivity index (χ1n) is 9.33. The van der Waals surface area contributed by atoms with E-state index in [2.05, 4.69) is 4.98 Å². The molecule has 1 saturated heterocycles. The quantitative estimate of drug-likeness (QED) is 0.568. The second-order valence-electron chi connectivity index (χ2n) is 8.11. The van der Waals surface area contributed by atoms with Crippen molar-refractivity contribution in [2.24, 2.45) is 0 Å². The Balaban J connectivity index is 2.36. The first-order valence-corrected chi connectivity index (χ1v) is 9.33. The van der Waals surface area contributed by atoms with Crippen molar-refractivity contribution in [2.75, 3.05) is 6.61 Å². The number of hydrogen-bond acceptors (Lipinski definition) is 6. The van der Waals surface area contributed by atoms with Crippen LogP contribution in [0.1, 0.15) is 40.2 Å². The molecule has 0 aromatic heterocycles. The highest BCUT2D eigenvalue weighted by molar-refractivity contribution is 5.70. The van der Waals surface area contributed by atoms with Gasteiger partial charge in [0, 0.05) is 0 Å². The summed E-state index contributed by atoms with van der Waals surface area (Å²) in [6.07, 6.45) is 2.95. The summed E-state index contributed by atoms with van der Waals surface area (Å²) in [5.41, 5.74) is -0.706. The lowest BCUT2D eigenvalue weighted by Crippen LogP contribution is -2.53. The zero-order valence-corrected chi connectivity index (χ0v) is 17.4. The Kier molecular flexibility index (Phi) is 6.88. The molecule has 8 nitrogen and oxygen atoms in total. The Labute approximate surface area is 171 Å². The van der Waals surface area contributed by atoms with Crippen molar-refractivity contribution in [3.05, 3.63) is 59.1 Å². The van der Waals surface area contributed by atoms with Crippen molar-refractivity contribution < 1.29 is 24.1 Å². The van der Waals surface area contributed by atoms with E-state index in [0.717, 1.165) is 11.8 Å². The van der Waals surface area contributed by atoms with Gasteiger partial charge >= 0.3 is 18.2 Å². The number of benzene rings is 1. The summed E-state index contributed by atoms with van der Waals surface area (Å²) >= 11 is 0. The van der Waals surface area contributed by atoms with E-state index in [1.54, 1.807) is 40.7 Å². The number of diazo groups is 1. The minimum absolute atomic E-state index is 0.166. The van der Waals surface area contributed by atoms with Crippen molar-refractivity contribution in [3.8, 4) is 0 Å². The molecule has 2 atom stereocenters. The number of aliphatic hydroxyl groups excluding tert-OH is 1. The second-order valence-corrected chi connectivity index (χ2v) is 8.11. The van der Waals surface area contributed by atoms with Crippen LogP contribution in [0.25, 0.3) is 11.1 Å². The van der Waals surface area contributed by atoms with Crippen LogP contribution in [-0.2, 0) is 14.2 Å². The van der Waals surface area contributed by atoms with Gasteiger partial charge in [-0.15, -0.1) is 0 Å². The van der Waals surface area contributed by atoms with Crippen LogP contribution < -0.4 is 0 Å². The van der Waals surface area contributed by atoms with E-state index in [0.29, 0.717) is 0 Å². The molecule has 0 unspecified atom stereocenters. The highest BCUT2D eigenvalue weighted by Crippen LogP contribution is 2.32. The standard InChI is InChI=1S/C21H27N3O5/c1-20(2,3)29-19(26)24-16(14-27-21(24,4)5)17(28-18(25)13-23-22)12-11-15-9-7-6-8-10-15/h6-13,16-17H,14H2,1-5H3/p+1/b12-11-,18-13+/t16-,17-/m0/s1. The van der Waals surface area contributed by atoms with Gasteiger partial charge in [-0.1, -0.05) is 36.4 Å². The van der Waals surface area contributed by atoms with Gasteiger partial charge in [-0.25, -0.2) is 4.79 Å². The molecular formula is C21H28N3O5+. The molecule has 1 amide bonds. The lowest BCUT2D eigenvalue weighted by Gasteiger charge is -2.36. The number of ether oxygens (including phenoxy) is 3. The van der Waals surface area contributed by atoms with Crippen molar-refractivity contribution in [2.45, 2.75) is 58.1 Å². The summed E-state index contributed by atoms with van der Waals surface area (Å²) in [6, 6.07) is 8.92. The maximum atomic E-state index is 12.9. The molecule has 0 radical (unpaired) electrons. The Morgan fingerprint density at radius 1 is 1.38 bits per heavy atom. The van der Waals surface area contributed by atoms with Gasteiger partial charge in [0.25, 0.3) is 0 Å². The molecule has 2 rings (SSSR count). The van der Waals surface area contributed by atoms with Gasteiger partial charge in [0.1, 0.15) is 23.5 Å². The van der Waals surface area contributed by atoms with Crippen LogP contribution in [0.15, 0.2) is 48.6 Å². The number of nitrogens with zero attached hydrogens (tertiary/aromatic N) is 3. The van der Waals surface area contributed by atoms with E-state index in [9.17, 15) is 9.90 Å². The zero-order chi connectivity index (χ0) is 21.7. The van der Waals surface area contributed by atoms with Crippen molar-refractivity contribution in [1.82, 2.24) is 4.90 Å². The fraction of sp³-hybridized carbons (Fsp3) is 0.476. The first kappa shape index (κ1) is 22.2. The fourth-order valence-corrected chi connectivity index (χ4v) is 2.98. The number of amides is 1. The molecule has 0 aliphatic carbocycles. The molecular weight excluding hydrogens is 374 g/mol. The molecule has 0 bridgehead atoms. The Bertz CT molecular complexity index is 806. The van der Waals surface area contributed by atoms with Crippen molar-refractivity contribution in [1.29, 1.82) is 5.39 Å². The topological polar surface area (TPSA) is 96.4 Å². The third kappa shape index (κ3) is 6.22. The predicted molar refractivity (Wildman–Crippen MR) is 108 cm³/mol. The average Bonchev–Trinajstić information content (AvgIpc) is 2.93. The minimum Gasteiger partial charge on any atom is -0.476 e. The first-order chi connectivity index (χ1) is 13.5. The summed E-state index contributed by atoms with van der Waals surface area (Å²) in [6.45, 7) is 9.03. The van der Waals surface area contributed by atoms with E-state index >= 15 is 0 Å². The molecule has 1 aromatic rings. The monoisotopic (exact) mass is 402 g/mol. The SMILES string of the molecule is CC(C)(C)OC(=O)N1[C@H]([C@H](/C=C\c2ccccc2)O/C(O)=C/[N+]#N)COC1(C)C. The third-order valence-electron chi connectivity index (χ3n) is 4.19. The van der Waals surface area contributed by atoms with Crippen LogP contribution in [-0.4, -0.2) is 46.2 Å². The molecule has 8 heteroatoms. The number of rotatable bonds is 5. The van der Waals surface area contributed by atoms with Gasteiger partial charge < -0.3 is 19.3 Å². The van der Waals surface area contributed by atoms with E-state index in [1.165, 1.54) is 4.90 Å². The van der Waals surface area contributed by atoms with Crippen LogP contribution in [0.2, 0.25) is 0 Å². The minimum atomic E-state index is -0.935. The molecule has 1 aliphatic rings. The molecule has 0 saturated carbocycles. The smallest absolute Gasteiger partial charge is 0.429 e. The Morgan fingerprint density at radius 2 is 2.03 bits per heavy atom. The Morgan fingerprint density at radius 3 is 2.62 bits per heavy atom. The Hall–Kier alpha value is -3.05. The molecule has 1 fully saturated rings. The molecule has 29 heavy (non-hydrogen) atoms. The lowest BCUT2D eigenvalue weighted by atomic mass is 10.1. The molecule has 1 heterocycles. The molecule has 1 N–H and O–H groups in total. The average molecular weight is 402 g/mol. The van der Waals surface area contributed by atoms with E-state index in [-0.39, 0.29) is 6.61 Å². The second kappa shape index (κ2) is 8.97. The van der Waals surface area contributed by atoms with E-state index in [1.807, 2.05) is 36.4 Å². The molecule has 1 aliphatic heterocycles. The van der Waals surface area contributed by atoms with E-state index < -0.39 is 35.5 Å². The van der Waals surface area contributed by atoms with Crippen LogP contribution in [0.5, 0.6) is 0 Å². The zero-order valence-electron chi connectivity index (χ0n) is 17.4. The maximum absolute atomic E-state index is 12.9. The van der Waals surface area contributed by atoms with Gasteiger partial charge in [-0.3, -0.25) is 4.90 Å². The van der Waals surface area contributed by atoms with Crippen LogP contribution >= 0.6 is 0 Å². The largest absolute Gasteiger partial charge is 0.476 e. The highest BCUT2D eigenvalue weighted by atomic mass is 16.6. The molecule has 1 aromatic carbocycles. The van der Waals surface area contributed by atoms with E-state index in [4.69, 9.17) is 19.6 Å². The number of hydrogen-bond donors (Lipinski definition) is 1. The number of aliphatic hydroxyl groups is 1. The molecule has 0 spiro atoms. The number of carbonyl (C=O) groups is 1. The van der Waals surface area contributed by atoms with Crippen molar-refractivity contribution in [3.63, 3.8) is 0 Å². The van der Waals surface area contributed by atoms with Crippen LogP contribution in [0, 0.1) is 5.39 Å². The summed E-state index contributed by atoms with van der Waals surface area (Å²) in [5, 5.41) is 18.5. The summed E-state index contributed by atoms with van der Waals surface area (Å²) in [5.74, 6) is -0.593. The highest BCUT2D eigenvalue weighted by Gasteiger charge is 2.49. The fourth-order valence-electron chi connectivity index (χ4n) is 2.98. The predicted octanol–water partition coefficient (Wildman–Crippen LogP) is 4.67. The number of carbonyl (C=O) groups excluding carboxylic acids is 1. The lowest BCUT2D eigenvalue weighted by molar-refractivity contribution is -0.0694. The van der Waals surface area contributed by atoms with Gasteiger partial charge in [0.15, 0.2) is 4.98 Å². The van der Waals surface area contributed by atoms with Gasteiger partial charge in [0.05, 0.1) is 6.61 Å².